The highest BCUT2D eigenvalue weighted by Gasteiger charge is 2.39. The smallest absolute Gasteiger partial charge is 0.319 e. The summed E-state index contributed by atoms with van der Waals surface area (Å²) in [4.78, 5) is 12.5. The molecular weight excluding hydrogens is 362 g/mol. The second-order valence-electron chi connectivity index (χ2n) is 6.00. The maximum atomic E-state index is 14.7. The second kappa shape index (κ2) is 6.86. The molecule has 0 aliphatic rings. The zero-order valence-electron chi connectivity index (χ0n) is 14.4. The summed E-state index contributed by atoms with van der Waals surface area (Å²) in [7, 11) is 1.27. The van der Waals surface area contributed by atoms with Crippen LogP contribution in [0.1, 0.15) is 21.6 Å². The Morgan fingerprint density at radius 3 is 2.41 bits per heavy atom. The van der Waals surface area contributed by atoms with Crippen LogP contribution in [0.15, 0.2) is 48.7 Å². The van der Waals surface area contributed by atoms with Crippen LogP contribution in [0, 0.1) is 12.7 Å². The quantitative estimate of drug-likeness (QED) is 0.666. The Morgan fingerprint density at radius 1 is 1.11 bits per heavy atom. The van der Waals surface area contributed by atoms with E-state index in [9.17, 15) is 22.4 Å². The highest BCUT2D eigenvalue weighted by atomic mass is 19.4. The number of benzene rings is 2. The Labute approximate surface area is 152 Å². The number of alkyl halides is 3. The number of anilines is 1. The van der Waals surface area contributed by atoms with Crippen LogP contribution in [-0.4, -0.2) is 15.7 Å². The molecule has 0 bridgehead atoms. The van der Waals surface area contributed by atoms with E-state index in [0.717, 1.165) is 10.9 Å². The summed E-state index contributed by atoms with van der Waals surface area (Å²) in [5.74, 6) is -1.79. The molecule has 27 heavy (non-hydrogen) atoms. The van der Waals surface area contributed by atoms with Gasteiger partial charge in [0.25, 0.3) is 5.91 Å². The highest BCUT2D eigenvalue weighted by Crippen LogP contribution is 2.34. The lowest BCUT2D eigenvalue weighted by atomic mass is 10.0. The summed E-state index contributed by atoms with van der Waals surface area (Å²) in [5.41, 5.74) is -0.935. The number of aryl methyl sites for hydroxylation is 2. The summed E-state index contributed by atoms with van der Waals surface area (Å²) in [5, 5.41) is 5.60. The Bertz CT molecular complexity index is 994. The van der Waals surface area contributed by atoms with Crippen molar-refractivity contribution in [2.75, 3.05) is 5.32 Å². The molecule has 1 amide bonds. The first-order valence-electron chi connectivity index (χ1n) is 7.95. The lowest BCUT2D eigenvalue weighted by Gasteiger charge is -2.14. The molecule has 0 saturated heterocycles. The number of hydrogen-bond donors (Lipinski definition) is 1. The van der Waals surface area contributed by atoms with Gasteiger partial charge in [-0.3, -0.25) is 9.48 Å². The van der Waals surface area contributed by atoms with Gasteiger partial charge in [0.2, 0.25) is 0 Å². The number of aromatic nitrogens is 2. The van der Waals surface area contributed by atoms with Crippen LogP contribution in [0.2, 0.25) is 0 Å². The Kier molecular flexibility index (Phi) is 4.73. The largest absolute Gasteiger partial charge is 0.435 e. The predicted octanol–water partition coefficient (Wildman–Crippen LogP) is 4.81. The molecule has 8 heteroatoms. The normalized spacial score (nSPS) is 11.5. The molecular formula is C19H15F4N3O. The maximum absolute atomic E-state index is 14.7. The Morgan fingerprint density at radius 2 is 1.78 bits per heavy atom. The molecule has 1 aromatic heterocycles. The molecule has 0 saturated carbocycles. The number of hydrogen-bond acceptors (Lipinski definition) is 2. The zero-order chi connectivity index (χ0) is 19.8. The number of nitrogens with one attached hydrogen (secondary N) is 1. The van der Waals surface area contributed by atoms with Gasteiger partial charge < -0.3 is 5.32 Å². The van der Waals surface area contributed by atoms with Gasteiger partial charge in [0.15, 0.2) is 5.69 Å². The molecule has 0 aliphatic carbocycles. The molecule has 3 rings (SSSR count). The van der Waals surface area contributed by atoms with Crippen LogP contribution < -0.4 is 5.32 Å². The minimum absolute atomic E-state index is 0.178. The van der Waals surface area contributed by atoms with Crippen LogP contribution in [0.25, 0.3) is 11.1 Å². The summed E-state index contributed by atoms with van der Waals surface area (Å²) in [6.45, 7) is 1.50. The van der Waals surface area contributed by atoms with Gasteiger partial charge in [0.1, 0.15) is 5.82 Å². The fourth-order valence-corrected chi connectivity index (χ4v) is 2.71. The van der Waals surface area contributed by atoms with Crippen LogP contribution in [-0.2, 0) is 13.2 Å². The molecule has 4 nitrogen and oxygen atoms in total. The molecule has 1 N–H and O–H groups in total. The van der Waals surface area contributed by atoms with E-state index in [2.05, 4.69) is 10.4 Å². The van der Waals surface area contributed by atoms with Gasteiger partial charge in [-0.1, -0.05) is 42.5 Å². The molecule has 3 aromatic rings. The number of halogens is 4. The average Bonchev–Trinajstić information content (AvgIpc) is 3.02. The zero-order valence-corrected chi connectivity index (χ0v) is 14.4. The van der Waals surface area contributed by atoms with Crippen molar-refractivity contribution in [3.8, 4) is 11.1 Å². The van der Waals surface area contributed by atoms with E-state index >= 15 is 0 Å². The van der Waals surface area contributed by atoms with Crippen molar-refractivity contribution in [1.29, 1.82) is 0 Å². The monoisotopic (exact) mass is 377 g/mol. The van der Waals surface area contributed by atoms with E-state index < -0.39 is 29.2 Å². The average molecular weight is 377 g/mol. The van der Waals surface area contributed by atoms with Crippen molar-refractivity contribution < 1.29 is 22.4 Å². The third-order valence-electron chi connectivity index (χ3n) is 4.00. The molecule has 0 aliphatic heterocycles. The first-order valence-corrected chi connectivity index (χ1v) is 7.95. The number of rotatable bonds is 3. The lowest BCUT2D eigenvalue weighted by Crippen LogP contribution is -2.19. The van der Waals surface area contributed by atoms with Crippen molar-refractivity contribution in [3.63, 3.8) is 0 Å². The number of carbonyl (C=O) groups excluding carboxylic acids is 1. The van der Waals surface area contributed by atoms with Crippen molar-refractivity contribution in [3.05, 3.63) is 71.3 Å². The summed E-state index contributed by atoms with van der Waals surface area (Å²) in [6, 6.07) is 11.8. The topological polar surface area (TPSA) is 46.9 Å². The number of nitrogens with zero attached hydrogens (tertiary/aromatic N) is 2. The van der Waals surface area contributed by atoms with Gasteiger partial charge in [-0.25, -0.2) is 4.39 Å². The summed E-state index contributed by atoms with van der Waals surface area (Å²) < 4.78 is 55.0. The standard InChI is InChI=1S/C19H15F4N3O/c1-11-8-9-13(12-6-4-3-5-7-12)16(15(11)20)24-18(27)14-10-26(2)25-17(14)19(21,22)23/h3-10H,1-2H3,(H,24,27). The van der Waals surface area contributed by atoms with Gasteiger partial charge in [0, 0.05) is 18.8 Å². The SMILES string of the molecule is Cc1ccc(-c2ccccc2)c(NC(=O)c2cn(C)nc2C(F)(F)F)c1F. The summed E-state index contributed by atoms with van der Waals surface area (Å²) >= 11 is 0. The summed E-state index contributed by atoms with van der Waals surface area (Å²) in [6.07, 6.45) is -3.85. The van der Waals surface area contributed by atoms with Crippen LogP contribution >= 0.6 is 0 Å². The van der Waals surface area contributed by atoms with Gasteiger partial charge in [-0.2, -0.15) is 18.3 Å². The number of carbonyl (C=O) groups is 1. The van der Waals surface area contributed by atoms with Crippen molar-refractivity contribution >= 4 is 11.6 Å². The van der Waals surface area contributed by atoms with Gasteiger partial charge in [0.05, 0.1) is 11.3 Å². The van der Waals surface area contributed by atoms with Crippen LogP contribution in [0.4, 0.5) is 23.2 Å². The van der Waals surface area contributed by atoms with Crippen LogP contribution in [0.3, 0.4) is 0 Å². The predicted molar refractivity (Wildman–Crippen MR) is 92.7 cm³/mol. The van der Waals surface area contributed by atoms with E-state index in [1.807, 2.05) is 0 Å². The maximum Gasteiger partial charge on any atom is 0.435 e. The third-order valence-corrected chi connectivity index (χ3v) is 4.00. The molecule has 0 unspecified atom stereocenters. The second-order valence-corrected chi connectivity index (χ2v) is 6.00. The van der Waals surface area contributed by atoms with E-state index in [1.165, 1.54) is 14.0 Å². The Hall–Kier alpha value is -3.16. The van der Waals surface area contributed by atoms with Crippen molar-refractivity contribution in [2.24, 2.45) is 7.05 Å². The molecule has 0 spiro atoms. The van der Waals surface area contributed by atoms with Gasteiger partial charge >= 0.3 is 6.18 Å². The van der Waals surface area contributed by atoms with Gasteiger partial charge in [-0.05, 0) is 18.1 Å². The lowest BCUT2D eigenvalue weighted by molar-refractivity contribution is -0.141. The first kappa shape index (κ1) is 18.6. The van der Waals surface area contributed by atoms with E-state index in [0.29, 0.717) is 11.1 Å². The first-order chi connectivity index (χ1) is 12.7. The van der Waals surface area contributed by atoms with E-state index in [1.54, 1.807) is 42.5 Å². The minimum Gasteiger partial charge on any atom is -0.319 e. The van der Waals surface area contributed by atoms with Crippen molar-refractivity contribution in [2.45, 2.75) is 13.1 Å². The molecule has 1 heterocycles. The molecule has 0 radical (unpaired) electrons. The van der Waals surface area contributed by atoms with E-state index in [-0.39, 0.29) is 11.3 Å². The molecule has 0 fully saturated rings. The Balaban J connectivity index is 2.06. The molecule has 140 valence electrons. The fraction of sp³-hybridized carbons (Fsp3) is 0.158. The highest BCUT2D eigenvalue weighted by molar-refractivity contribution is 6.07. The van der Waals surface area contributed by atoms with E-state index in [4.69, 9.17) is 0 Å². The fourth-order valence-electron chi connectivity index (χ4n) is 2.71. The van der Waals surface area contributed by atoms with Crippen molar-refractivity contribution in [1.82, 2.24) is 9.78 Å². The molecule has 2 aromatic carbocycles. The minimum atomic E-state index is -4.80. The van der Waals surface area contributed by atoms with Gasteiger partial charge in [-0.15, -0.1) is 0 Å². The number of amides is 1. The molecule has 0 atom stereocenters. The van der Waals surface area contributed by atoms with Crippen LogP contribution in [0.5, 0.6) is 0 Å². The third kappa shape index (κ3) is 3.69.